The molecule has 0 saturated heterocycles. The molecule has 0 heterocycles. The van der Waals surface area contributed by atoms with Crippen LogP contribution in [-0.2, 0) is 0 Å². The van der Waals surface area contributed by atoms with E-state index in [4.69, 9.17) is 4.74 Å². The quantitative estimate of drug-likeness (QED) is 0.796. The molecule has 0 bridgehead atoms. The van der Waals surface area contributed by atoms with Gasteiger partial charge in [-0.1, -0.05) is 15.9 Å². The van der Waals surface area contributed by atoms with E-state index in [0.29, 0.717) is 6.67 Å². The maximum Gasteiger partial charge on any atom is 0.142 e. The van der Waals surface area contributed by atoms with E-state index in [1.165, 1.54) is 0 Å². The summed E-state index contributed by atoms with van der Waals surface area (Å²) >= 11 is 3.40. The maximum absolute atomic E-state index is 5.19. The van der Waals surface area contributed by atoms with E-state index in [1.807, 2.05) is 25.2 Å². The maximum atomic E-state index is 5.19. The van der Waals surface area contributed by atoms with Gasteiger partial charge in [0.2, 0.25) is 0 Å². The van der Waals surface area contributed by atoms with E-state index in [1.54, 1.807) is 7.11 Å². The number of benzene rings is 1. The van der Waals surface area contributed by atoms with Gasteiger partial charge in [0.15, 0.2) is 0 Å². The predicted molar refractivity (Wildman–Crippen MR) is 58.2 cm³/mol. The summed E-state index contributed by atoms with van der Waals surface area (Å²) in [5, 5.41) is 6.19. The van der Waals surface area contributed by atoms with Crippen molar-refractivity contribution in [3.8, 4) is 5.75 Å². The van der Waals surface area contributed by atoms with Crippen molar-refractivity contribution >= 4 is 21.6 Å². The van der Waals surface area contributed by atoms with Gasteiger partial charge in [-0.3, -0.25) is 0 Å². The Hall–Kier alpha value is -0.740. The zero-order valence-corrected chi connectivity index (χ0v) is 9.31. The molecule has 0 amide bonds. The van der Waals surface area contributed by atoms with Crippen LogP contribution >= 0.6 is 15.9 Å². The van der Waals surface area contributed by atoms with Crippen molar-refractivity contribution in [2.45, 2.75) is 0 Å². The predicted octanol–water partition coefficient (Wildman–Crippen LogP) is 2.05. The van der Waals surface area contributed by atoms with Crippen molar-refractivity contribution in [2.75, 3.05) is 26.1 Å². The zero-order valence-electron chi connectivity index (χ0n) is 7.73. The van der Waals surface area contributed by atoms with E-state index in [9.17, 15) is 0 Å². The second-order valence-electron chi connectivity index (χ2n) is 2.55. The summed E-state index contributed by atoms with van der Waals surface area (Å²) in [6.45, 7) is 0.715. The molecular weight excluding hydrogens is 232 g/mol. The van der Waals surface area contributed by atoms with Gasteiger partial charge in [-0.2, -0.15) is 0 Å². The number of nitrogens with one attached hydrogen (secondary N) is 2. The van der Waals surface area contributed by atoms with Crippen molar-refractivity contribution in [1.82, 2.24) is 5.32 Å². The fraction of sp³-hybridized carbons (Fsp3) is 0.333. The first kappa shape index (κ1) is 10.3. The topological polar surface area (TPSA) is 33.3 Å². The third kappa shape index (κ3) is 2.90. The summed E-state index contributed by atoms with van der Waals surface area (Å²) in [5.74, 6) is 0.846. The van der Waals surface area contributed by atoms with Gasteiger partial charge in [0.05, 0.1) is 19.5 Å². The van der Waals surface area contributed by atoms with Crippen molar-refractivity contribution in [3.63, 3.8) is 0 Å². The minimum Gasteiger partial charge on any atom is -0.495 e. The van der Waals surface area contributed by atoms with Crippen LogP contribution < -0.4 is 15.4 Å². The van der Waals surface area contributed by atoms with Crippen molar-refractivity contribution in [1.29, 1.82) is 0 Å². The first-order valence-corrected chi connectivity index (χ1v) is 4.79. The Morgan fingerprint density at radius 2 is 2.23 bits per heavy atom. The lowest BCUT2D eigenvalue weighted by Gasteiger charge is -2.10. The monoisotopic (exact) mass is 244 g/mol. The van der Waals surface area contributed by atoms with Gasteiger partial charge in [0.25, 0.3) is 0 Å². The molecule has 1 aromatic carbocycles. The molecule has 0 radical (unpaired) electrons. The lowest BCUT2D eigenvalue weighted by atomic mass is 10.3. The Kier molecular flexibility index (Phi) is 4.05. The summed E-state index contributed by atoms with van der Waals surface area (Å²) in [6.07, 6.45) is 0. The molecule has 0 spiro atoms. The summed E-state index contributed by atoms with van der Waals surface area (Å²) in [7, 11) is 3.55. The van der Waals surface area contributed by atoms with Gasteiger partial charge >= 0.3 is 0 Å². The molecule has 13 heavy (non-hydrogen) atoms. The molecule has 2 N–H and O–H groups in total. The molecule has 0 unspecified atom stereocenters. The average Bonchev–Trinajstić information content (AvgIpc) is 2.15. The molecule has 0 saturated carbocycles. The van der Waals surface area contributed by atoms with E-state index in [2.05, 4.69) is 26.6 Å². The van der Waals surface area contributed by atoms with Gasteiger partial charge in [-0.05, 0) is 25.2 Å². The van der Waals surface area contributed by atoms with Gasteiger partial charge < -0.3 is 15.4 Å². The smallest absolute Gasteiger partial charge is 0.142 e. The summed E-state index contributed by atoms with van der Waals surface area (Å²) < 4.78 is 6.22. The first-order chi connectivity index (χ1) is 6.27. The largest absolute Gasteiger partial charge is 0.495 e. The molecule has 72 valence electrons. The van der Waals surface area contributed by atoms with Gasteiger partial charge in [0, 0.05) is 4.47 Å². The van der Waals surface area contributed by atoms with Crippen molar-refractivity contribution < 1.29 is 4.74 Å². The molecule has 0 aromatic heterocycles. The second-order valence-corrected chi connectivity index (χ2v) is 3.47. The van der Waals surface area contributed by atoms with Crippen molar-refractivity contribution in [2.24, 2.45) is 0 Å². The van der Waals surface area contributed by atoms with Gasteiger partial charge in [0.1, 0.15) is 5.75 Å². The lowest BCUT2D eigenvalue weighted by Crippen LogP contribution is -2.17. The number of methoxy groups -OCH3 is 1. The molecule has 3 nitrogen and oxygen atoms in total. The van der Waals surface area contributed by atoms with E-state index in [-0.39, 0.29) is 0 Å². The molecule has 0 fully saturated rings. The van der Waals surface area contributed by atoms with Gasteiger partial charge in [-0.25, -0.2) is 0 Å². The Morgan fingerprint density at radius 3 is 2.85 bits per heavy atom. The Labute approximate surface area is 86.6 Å². The highest BCUT2D eigenvalue weighted by molar-refractivity contribution is 9.10. The van der Waals surface area contributed by atoms with Crippen molar-refractivity contribution in [3.05, 3.63) is 22.7 Å². The number of hydrogen-bond acceptors (Lipinski definition) is 3. The number of anilines is 1. The first-order valence-electron chi connectivity index (χ1n) is 4.00. The van der Waals surface area contributed by atoms with Crippen LogP contribution in [0.1, 0.15) is 0 Å². The molecule has 1 rings (SSSR count). The Morgan fingerprint density at radius 1 is 1.46 bits per heavy atom. The summed E-state index contributed by atoms with van der Waals surface area (Å²) in [4.78, 5) is 0. The highest BCUT2D eigenvalue weighted by atomic mass is 79.9. The summed E-state index contributed by atoms with van der Waals surface area (Å²) in [6, 6.07) is 5.85. The van der Waals surface area contributed by atoms with Crippen LogP contribution in [0.15, 0.2) is 22.7 Å². The number of rotatable bonds is 4. The average molecular weight is 245 g/mol. The second kappa shape index (κ2) is 5.09. The van der Waals surface area contributed by atoms with Crippen LogP contribution in [0, 0.1) is 0 Å². The van der Waals surface area contributed by atoms with Crippen LogP contribution in [0.5, 0.6) is 5.75 Å². The zero-order chi connectivity index (χ0) is 9.68. The van der Waals surface area contributed by atoms with Crippen LogP contribution in [0.2, 0.25) is 0 Å². The SMILES string of the molecule is CNCNc1cc(Br)ccc1OC. The third-order valence-corrected chi connectivity index (χ3v) is 2.11. The standard InChI is InChI=1S/C9H13BrN2O/c1-11-6-12-8-5-7(10)3-4-9(8)13-2/h3-5,11-12H,6H2,1-2H3. The highest BCUT2D eigenvalue weighted by Gasteiger charge is 2.01. The molecule has 0 aliphatic rings. The van der Waals surface area contributed by atoms with E-state index in [0.717, 1.165) is 15.9 Å². The molecule has 0 aliphatic heterocycles. The van der Waals surface area contributed by atoms with Crippen LogP contribution in [0.25, 0.3) is 0 Å². The highest BCUT2D eigenvalue weighted by Crippen LogP contribution is 2.27. The number of halogens is 1. The third-order valence-electron chi connectivity index (χ3n) is 1.62. The molecule has 0 atom stereocenters. The molecule has 1 aromatic rings. The molecular formula is C9H13BrN2O. The van der Waals surface area contributed by atoms with E-state index >= 15 is 0 Å². The summed E-state index contributed by atoms with van der Waals surface area (Å²) in [5.41, 5.74) is 0.978. The lowest BCUT2D eigenvalue weighted by molar-refractivity contribution is 0.416. The molecule has 0 aliphatic carbocycles. The van der Waals surface area contributed by atoms with Crippen LogP contribution in [-0.4, -0.2) is 20.8 Å². The fourth-order valence-electron chi connectivity index (χ4n) is 1.00. The molecule has 4 heteroatoms. The fourth-order valence-corrected chi connectivity index (χ4v) is 1.36. The minimum absolute atomic E-state index is 0.715. The Balaban J connectivity index is 2.81. The minimum atomic E-state index is 0.715. The van der Waals surface area contributed by atoms with E-state index < -0.39 is 0 Å². The normalized spacial score (nSPS) is 9.77. The van der Waals surface area contributed by atoms with Gasteiger partial charge in [-0.15, -0.1) is 0 Å². The Bertz CT molecular complexity index is 278. The number of ether oxygens (including phenoxy) is 1. The van der Waals surface area contributed by atoms with Crippen LogP contribution in [0.4, 0.5) is 5.69 Å². The number of hydrogen-bond donors (Lipinski definition) is 2. The van der Waals surface area contributed by atoms with Crippen LogP contribution in [0.3, 0.4) is 0 Å².